The van der Waals surface area contributed by atoms with Crippen LogP contribution in [0.4, 0.5) is 13.2 Å². The van der Waals surface area contributed by atoms with Crippen molar-refractivity contribution in [2.45, 2.75) is 16.8 Å². The number of nitrogens with zero attached hydrogens (tertiary/aromatic N) is 2. The SMILES string of the molecule is FC(F)(F)c1cc(Cl)c2nc(CBr)c(CBr)nc2c1. The van der Waals surface area contributed by atoms with Gasteiger partial charge in [-0.05, 0) is 12.1 Å². The Morgan fingerprint density at radius 3 is 2.16 bits per heavy atom. The Labute approximate surface area is 128 Å². The maximum Gasteiger partial charge on any atom is 0.416 e. The Hall–Kier alpha value is -0.400. The topological polar surface area (TPSA) is 25.8 Å². The number of benzene rings is 1. The van der Waals surface area contributed by atoms with Gasteiger partial charge in [0.2, 0.25) is 0 Å². The van der Waals surface area contributed by atoms with E-state index in [9.17, 15) is 13.2 Å². The Morgan fingerprint density at radius 2 is 1.63 bits per heavy atom. The number of hydrogen-bond acceptors (Lipinski definition) is 2. The Bertz CT molecular complexity index is 631. The maximum atomic E-state index is 12.7. The third-order valence-corrected chi connectivity index (χ3v) is 3.81. The van der Waals surface area contributed by atoms with Gasteiger partial charge < -0.3 is 0 Å². The predicted octanol–water partition coefficient (Wildman–Crippen LogP) is 5.09. The normalized spacial score (nSPS) is 12.1. The Balaban J connectivity index is 2.74. The van der Waals surface area contributed by atoms with Gasteiger partial charge in [-0.25, -0.2) is 9.97 Å². The van der Waals surface area contributed by atoms with Crippen LogP contribution in [0.5, 0.6) is 0 Å². The van der Waals surface area contributed by atoms with Gasteiger partial charge in [-0.2, -0.15) is 13.2 Å². The summed E-state index contributed by atoms with van der Waals surface area (Å²) >= 11 is 12.4. The number of rotatable bonds is 2. The molecule has 1 aromatic carbocycles. The average molecular weight is 418 g/mol. The molecule has 0 N–H and O–H groups in total. The van der Waals surface area contributed by atoms with Crippen molar-refractivity contribution in [1.82, 2.24) is 9.97 Å². The third kappa shape index (κ3) is 3.03. The summed E-state index contributed by atoms with van der Waals surface area (Å²) in [4.78, 5) is 8.42. The molecule has 0 bridgehead atoms. The lowest BCUT2D eigenvalue weighted by molar-refractivity contribution is -0.137. The predicted molar refractivity (Wildman–Crippen MR) is 74.8 cm³/mol. The van der Waals surface area contributed by atoms with E-state index in [4.69, 9.17) is 11.6 Å². The molecule has 2 nitrogen and oxygen atoms in total. The van der Waals surface area contributed by atoms with E-state index in [1.165, 1.54) is 0 Å². The van der Waals surface area contributed by atoms with Crippen LogP contribution in [-0.4, -0.2) is 9.97 Å². The van der Waals surface area contributed by atoms with E-state index >= 15 is 0 Å². The minimum Gasteiger partial charge on any atom is -0.248 e. The van der Waals surface area contributed by atoms with E-state index in [1.54, 1.807) is 0 Å². The molecule has 0 amide bonds. The molecule has 0 spiro atoms. The summed E-state index contributed by atoms with van der Waals surface area (Å²) in [5.41, 5.74) is 0.810. The summed E-state index contributed by atoms with van der Waals surface area (Å²) in [5.74, 6) is 0. The molecule has 0 radical (unpaired) electrons. The van der Waals surface area contributed by atoms with E-state index in [2.05, 4.69) is 41.8 Å². The maximum absolute atomic E-state index is 12.7. The summed E-state index contributed by atoms with van der Waals surface area (Å²) in [5, 5.41) is 0.805. The molecule has 102 valence electrons. The van der Waals surface area contributed by atoms with Gasteiger partial charge >= 0.3 is 6.18 Å². The van der Waals surface area contributed by atoms with Crippen LogP contribution >= 0.6 is 43.5 Å². The van der Waals surface area contributed by atoms with E-state index in [-0.39, 0.29) is 16.1 Å². The number of fused-ring (bicyclic) bond motifs is 1. The van der Waals surface area contributed by atoms with Gasteiger partial charge in [-0.1, -0.05) is 43.5 Å². The molecule has 0 saturated carbocycles. The zero-order valence-electron chi connectivity index (χ0n) is 9.23. The number of halogens is 6. The lowest BCUT2D eigenvalue weighted by atomic mass is 10.1. The first kappa shape index (κ1) is 15.0. The first-order chi connectivity index (χ1) is 8.86. The molecular weight excluding hydrogens is 412 g/mol. The van der Waals surface area contributed by atoms with Crippen molar-refractivity contribution in [2.75, 3.05) is 0 Å². The number of alkyl halides is 5. The minimum absolute atomic E-state index is 0.0550. The average Bonchev–Trinajstić information content (AvgIpc) is 2.36. The van der Waals surface area contributed by atoms with Gasteiger partial charge in [0.05, 0.1) is 27.5 Å². The standard InChI is InChI=1S/C11H6Br2ClF3N2/c12-3-8-9(4-13)19-10-6(14)1-5(11(15,16)17)2-7(10)18-8/h1-2H,3-4H2. The quantitative estimate of drug-likeness (QED) is 0.635. The zero-order valence-corrected chi connectivity index (χ0v) is 13.2. The van der Waals surface area contributed by atoms with Crippen LogP contribution in [0.3, 0.4) is 0 Å². The number of hydrogen-bond donors (Lipinski definition) is 0. The highest BCUT2D eigenvalue weighted by Crippen LogP contribution is 2.34. The molecular formula is C11H6Br2ClF3N2. The second kappa shape index (κ2) is 5.54. The second-order valence-corrected chi connectivity index (χ2v) is 5.24. The molecule has 1 heterocycles. The first-order valence-corrected chi connectivity index (χ1v) is 7.67. The fraction of sp³-hybridized carbons (Fsp3) is 0.273. The summed E-state index contributed by atoms with van der Waals surface area (Å²) in [6.07, 6.45) is -4.46. The van der Waals surface area contributed by atoms with Gasteiger partial charge in [0.1, 0.15) is 5.52 Å². The molecule has 8 heteroatoms. The van der Waals surface area contributed by atoms with Gasteiger partial charge in [-0.15, -0.1) is 0 Å². The summed E-state index contributed by atoms with van der Waals surface area (Å²) in [6.45, 7) is 0. The van der Waals surface area contributed by atoms with E-state index < -0.39 is 11.7 Å². The van der Waals surface area contributed by atoms with Gasteiger partial charge in [0, 0.05) is 10.7 Å². The van der Waals surface area contributed by atoms with Crippen LogP contribution in [0.2, 0.25) is 5.02 Å². The molecule has 0 aliphatic carbocycles. The zero-order chi connectivity index (χ0) is 14.2. The van der Waals surface area contributed by atoms with Crippen molar-refractivity contribution in [2.24, 2.45) is 0 Å². The molecule has 0 atom stereocenters. The van der Waals surface area contributed by atoms with Crippen LogP contribution in [0.1, 0.15) is 17.0 Å². The smallest absolute Gasteiger partial charge is 0.248 e. The Kier molecular flexibility index (Phi) is 4.37. The van der Waals surface area contributed by atoms with E-state index in [0.29, 0.717) is 22.0 Å². The number of aromatic nitrogens is 2. The summed E-state index contributed by atoms with van der Waals surface area (Å²) in [6, 6.07) is 1.82. The molecule has 0 saturated heterocycles. The van der Waals surface area contributed by atoms with Crippen LogP contribution in [-0.2, 0) is 16.8 Å². The summed E-state index contributed by atoms with van der Waals surface area (Å²) in [7, 11) is 0. The van der Waals surface area contributed by atoms with Crippen LogP contribution < -0.4 is 0 Å². The first-order valence-electron chi connectivity index (χ1n) is 5.05. The van der Waals surface area contributed by atoms with Gasteiger partial charge in [-0.3, -0.25) is 0 Å². The molecule has 0 aliphatic heterocycles. The van der Waals surface area contributed by atoms with Crippen molar-refractivity contribution in [3.05, 3.63) is 34.1 Å². The van der Waals surface area contributed by atoms with Crippen LogP contribution in [0, 0.1) is 0 Å². The van der Waals surface area contributed by atoms with Crippen molar-refractivity contribution in [3.8, 4) is 0 Å². The highest BCUT2D eigenvalue weighted by atomic mass is 79.9. The molecule has 19 heavy (non-hydrogen) atoms. The molecule has 0 aliphatic rings. The van der Waals surface area contributed by atoms with Crippen molar-refractivity contribution in [3.63, 3.8) is 0 Å². The lowest BCUT2D eigenvalue weighted by Gasteiger charge is -2.11. The second-order valence-electron chi connectivity index (χ2n) is 3.71. The van der Waals surface area contributed by atoms with E-state index in [0.717, 1.165) is 12.1 Å². The lowest BCUT2D eigenvalue weighted by Crippen LogP contribution is -2.06. The highest BCUT2D eigenvalue weighted by molar-refractivity contribution is 9.09. The van der Waals surface area contributed by atoms with Gasteiger partial charge in [0.25, 0.3) is 0 Å². The van der Waals surface area contributed by atoms with Crippen molar-refractivity contribution < 1.29 is 13.2 Å². The Morgan fingerprint density at radius 1 is 1.05 bits per heavy atom. The monoisotopic (exact) mass is 416 g/mol. The van der Waals surface area contributed by atoms with Crippen LogP contribution in [0.15, 0.2) is 12.1 Å². The fourth-order valence-electron chi connectivity index (χ4n) is 1.57. The van der Waals surface area contributed by atoms with Crippen molar-refractivity contribution >= 4 is 54.5 Å². The molecule has 0 unspecified atom stereocenters. The molecule has 2 aromatic rings. The van der Waals surface area contributed by atoms with Crippen LogP contribution in [0.25, 0.3) is 11.0 Å². The molecule has 0 fully saturated rings. The van der Waals surface area contributed by atoms with Crippen molar-refractivity contribution in [1.29, 1.82) is 0 Å². The third-order valence-electron chi connectivity index (χ3n) is 2.46. The molecule has 1 aromatic heterocycles. The highest BCUT2D eigenvalue weighted by Gasteiger charge is 2.31. The molecule has 2 rings (SSSR count). The minimum atomic E-state index is -4.46. The fourth-order valence-corrected chi connectivity index (χ4v) is 2.72. The summed E-state index contributed by atoms with van der Waals surface area (Å²) < 4.78 is 38.1. The van der Waals surface area contributed by atoms with E-state index in [1.807, 2.05) is 0 Å². The largest absolute Gasteiger partial charge is 0.416 e. The van der Waals surface area contributed by atoms with Gasteiger partial charge in [0.15, 0.2) is 0 Å².